The molecule has 0 unspecified atom stereocenters. The van der Waals surface area contributed by atoms with Crippen molar-refractivity contribution in [2.45, 2.75) is 0 Å². The van der Waals surface area contributed by atoms with Gasteiger partial charge in [0.2, 0.25) is 0 Å². The second-order valence-electron chi connectivity index (χ2n) is 1.16. The van der Waals surface area contributed by atoms with Crippen molar-refractivity contribution in [3.05, 3.63) is 0 Å². The second-order valence-corrected chi connectivity index (χ2v) is 2.80. The van der Waals surface area contributed by atoms with Crippen LogP contribution in [-0.4, -0.2) is 101 Å². The molecule has 0 aromatic rings. The Kier molecular flexibility index (Phi) is 248. The summed E-state index contributed by atoms with van der Waals surface area (Å²) >= 11 is 0. The third-order valence-corrected chi connectivity index (χ3v) is 0. The molecule has 0 aliphatic carbocycles. The van der Waals surface area contributed by atoms with Crippen LogP contribution in [-0.2, 0) is 57.3 Å². The second kappa shape index (κ2) is 56.2. The molecular weight excluding hydrogens is 522 g/mol. The maximum Gasteiger partial charge on any atom is 2.00 e. The molecule has 0 rings (SSSR count). The topological polar surface area (TPSA) is 473 Å². The van der Waals surface area contributed by atoms with Gasteiger partial charge in [0.15, 0.2) is 0 Å². The largest absolute Gasteiger partial charge is 2.00 e. The fourth-order valence-corrected chi connectivity index (χ4v) is 0. The smallest absolute Gasteiger partial charge is 0.759 e. The normalized spacial score (nSPS) is 5.72. The first-order chi connectivity index (χ1) is 5.73. The van der Waals surface area contributed by atoms with Gasteiger partial charge in [0.1, 0.15) is 0 Å². The van der Waals surface area contributed by atoms with Gasteiger partial charge in [0.05, 0.1) is 0 Å². The number of rotatable bonds is 0. The van der Waals surface area contributed by atoms with Gasteiger partial charge in [-0.2, -0.15) is 0 Å². The van der Waals surface area contributed by atoms with Crippen molar-refractivity contribution in [3.63, 3.8) is 0 Å². The first kappa shape index (κ1) is 110. The van der Waals surface area contributed by atoms with Gasteiger partial charge < -0.3 is 77.1 Å². The molecule has 0 bridgehead atoms. The molecule has 25 heteroatoms. The predicted octanol–water partition coefficient (Wildman–Crippen LogP) is -14.3. The standard InChI is InChI=1S/BH3O3.Mn.Na.2H2O4S.8H2O.Zn/c2-1(3)4;;;2*1-5(2,3)4;;;;;;;;;/h2-4H;;;2*(H2,1,2,3,4);8*1H2;/q;+2;+1;;;;;;;;;;;+2/p-4. The van der Waals surface area contributed by atoms with Gasteiger partial charge in [0, 0.05) is 20.8 Å². The van der Waals surface area contributed by atoms with Crippen molar-refractivity contribution in [2.75, 3.05) is 0 Å². The van der Waals surface area contributed by atoms with Crippen molar-refractivity contribution in [3.8, 4) is 0 Å². The summed E-state index contributed by atoms with van der Waals surface area (Å²) < 4.78 is 68.2. The van der Waals surface area contributed by atoms with Gasteiger partial charge in [-0.1, -0.05) is 0 Å². The molecule has 19 N–H and O–H groups in total. The van der Waals surface area contributed by atoms with E-state index in [1.807, 2.05) is 0 Å². The predicted molar refractivity (Wildman–Crippen MR) is 62.3 cm³/mol. The van der Waals surface area contributed by atoms with E-state index in [-0.39, 0.29) is 110 Å². The SMILES string of the molecule is O.O.O.O.O.O.O.O.O=S(=O)([O-])[O-].O=S(=O)([O-])[O-].OB(O)O.[Mn+2].[Na+].[Zn+2]. The van der Waals surface area contributed by atoms with E-state index < -0.39 is 28.1 Å². The van der Waals surface area contributed by atoms with Gasteiger partial charge in [-0.3, -0.25) is 16.8 Å². The van der Waals surface area contributed by atoms with Gasteiger partial charge in [-0.15, -0.1) is 0 Å². The Bertz CT molecular complexity index is 264. The van der Waals surface area contributed by atoms with Crippen LogP contribution in [0.1, 0.15) is 0 Å². The summed E-state index contributed by atoms with van der Waals surface area (Å²) in [5.41, 5.74) is 0. The van der Waals surface area contributed by atoms with Crippen LogP contribution >= 0.6 is 0 Å². The van der Waals surface area contributed by atoms with E-state index in [9.17, 15) is 0 Å². The number of hydrogen-bond acceptors (Lipinski definition) is 11. The quantitative estimate of drug-likeness (QED) is 0.147. The Hall–Kier alpha value is 1.51. The van der Waals surface area contributed by atoms with E-state index in [0.717, 1.165) is 0 Å². The zero-order valence-electron chi connectivity index (χ0n) is 12.1. The molecular formula is H19BMnNaO19S2Zn+. The van der Waals surface area contributed by atoms with Crippen molar-refractivity contribution in [2.24, 2.45) is 0 Å². The Morgan fingerprint density at radius 1 is 0.560 bits per heavy atom. The van der Waals surface area contributed by atoms with Crippen LogP contribution in [0.15, 0.2) is 0 Å². The average molecular weight is 541 g/mol. The zero-order valence-corrected chi connectivity index (χ0v) is 19.9. The van der Waals surface area contributed by atoms with E-state index >= 15 is 0 Å². The Labute approximate surface area is 187 Å². The van der Waals surface area contributed by atoms with Crippen LogP contribution in [0.2, 0.25) is 0 Å². The maximum atomic E-state index is 8.52. The van der Waals surface area contributed by atoms with Gasteiger partial charge in [-0.25, -0.2) is 0 Å². The minimum Gasteiger partial charge on any atom is -0.759 e. The van der Waals surface area contributed by atoms with E-state index in [0.29, 0.717) is 0 Å². The molecule has 0 heterocycles. The molecule has 0 saturated heterocycles. The van der Waals surface area contributed by atoms with E-state index in [1.54, 1.807) is 0 Å². The minimum atomic E-state index is -5.17. The van der Waals surface area contributed by atoms with E-state index in [2.05, 4.69) is 0 Å². The van der Waals surface area contributed by atoms with Crippen LogP contribution in [0, 0.1) is 0 Å². The van der Waals surface area contributed by atoms with Gasteiger partial charge >= 0.3 is 73.4 Å². The molecule has 0 spiro atoms. The zero-order chi connectivity index (χ0) is 12.6. The number of hydrogen-bond donors (Lipinski definition) is 3. The monoisotopic (exact) mass is 540 g/mol. The molecule has 0 aromatic heterocycles. The average Bonchev–Trinajstić information content (AvgIpc) is 1.45. The van der Waals surface area contributed by atoms with Crippen LogP contribution in [0.4, 0.5) is 0 Å². The van der Waals surface area contributed by atoms with Crippen molar-refractivity contribution >= 4 is 28.1 Å². The molecule has 0 aromatic carbocycles. The van der Waals surface area contributed by atoms with Crippen molar-refractivity contribution in [1.29, 1.82) is 0 Å². The summed E-state index contributed by atoms with van der Waals surface area (Å²) in [5, 5.41) is 21.5. The van der Waals surface area contributed by atoms with E-state index in [4.69, 9.17) is 50.1 Å². The van der Waals surface area contributed by atoms with E-state index in [1.165, 1.54) is 0 Å². The van der Waals surface area contributed by atoms with Crippen molar-refractivity contribution < 1.29 is 160 Å². The summed E-state index contributed by atoms with van der Waals surface area (Å²) in [5.74, 6) is 0. The summed E-state index contributed by atoms with van der Waals surface area (Å²) in [4.78, 5) is 0. The maximum absolute atomic E-state index is 8.52. The Morgan fingerprint density at radius 2 is 0.560 bits per heavy atom. The van der Waals surface area contributed by atoms with Gasteiger partial charge in [-0.05, 0) is 0 Å². The molecule has 0 fully saturated rings. The summed E-state index contributed by atoms with van der Waals surface area (Å²) in [7, 11) is -12.5. The van der Waals surface area contributed by atoms with Crippen LogP contribution in [0.5, 0.6) is 0 Å². The molecule has 25 heavy (non-hydrogen) atoms. The summed E-state index contributed by atoms with van der Waals surface area (Å²) in [6, 6.07) is 0. The molecule has 0 amide bonds. The van der Waals surface area contributed by atoms with Crippen LogP contribution < -0.4 is 29.6 Å². The minimum absolute atomic E-state index is 0. The first-order valence-corrected chi connectivity index (χ1v) is 4.77. The Balaban J connectivity index is -0.00000000498. The molecule has 0 aliphatic heterocycles. The molecule has 0 aliphatic rings. The van der Waals surface area contributed by atoms with Gasteiger partial charge in [0.25, 0.3) is 0 Å². The summed E-state index contributed by atoms with van der Waals surface area (Å²) in [6.07, 6.45) is 0. The molecule has 19 nitrogen and oxygen atoms in total. The molecule has 0 saturated carbocycles. The fourth-order valence-electron chi connectivity index (χ4n) is 0. The summed E-state index contributed by atoms with van der Waals surface area (Å²) in [6.45, 7) is 0. The third-order valence-electron chi connectivity index (χ3n) is 0. The van der Waals surface area contributed by atoms with Crippen LogP contribution in [0.3, 0.4) is 0 Å². The Morgan fingerprint density at radius 3 is 0.560 bits per heavy atom. The third kappa shape index (κ3) is 6200. The molecule has 157 valence electrons. The molecule has 1 radical (unpaired) electrons. The van der Waals surface area contributed by atoms with Crippen LogP contribution in [0.25, 0.3) is 0 Å². The van der Waals surface area contributed by atoms with Crippen molar-refractivity contribution in [1.82, 2.24) is 0 Å². The fraction of sp³-hybridized carbons (Fsp3) is 0. The molecule has 0 atom stereocenters. The first-order valence-electron chi connectivity index (χ1n) is 2.11.